The number of fused-ring (bicyclic) bond motifs is 12. The Bertz CT molecular complexity index is 5670. The van der Waals surface area contributed by atoms with Crippen molar-refractivity contribution in [3.05, 3.63) is 282 Å². The molecule has 14 aromatic carbocycles. The van der Waals surface area contributed by atoms with Crippen molar-refractivity contribution in [3.63, 3.8) is 0 Å². The molecular weight excluding hydrogens is 1340 g/mol. The van der Waals surface area contributed by atoms with E-state index in [-0.39, 0.29) is 46.3 Å². The summed E-state index contributed by atoms with van der Waals surface area (Å²) in [6.45, 7) is 35.6. The summed E-state index contributed by atoms with van der Waals surface area (Å²) in [7, 11) is -0.403. The van der Waals surface area contributed by atoms with Gasteiger partial charge in [-0.05, 0) is 224 Å². The van der Waals surface area contributed by atoms with Crippen molar-refractivity contribution in [2.45, 2.75) is 144 Å². The van der Waals surface area contributed by atoms with Crippen molar-refractivity contribution in [3.8, 4) is 79.4 Å². The van der Waals surface area contributed by atoms with E-state index in [2.05, 4.69) is 353 Å². The highest BCUT2D eigenvalue weighted by Crippen LogP contribution is 2.49. The van der Waals surface area contributed by atoms with Crippen LogP contribution in [0.1, 0.15) is 133 Å². The summed E-state index contributed by atoms with van der Waals surface area (Å²) in [6.07, 6.45) is 0. The molecule has 0 radical (unpaired) electrons. The first-order chi connectivity index (χ1) is 51.5. The zero-order chi connectivity index (χ0) is 75.3. The first kappa shape index (κ1) is 70.7. The van der Waals surface area contributed by atoms with E-state index in [1.54, 1.807) is 0 Å². The van der Waals surface area contributed by atoms with E-state index in [0.717, 1.165) is 67.9 Å². The summed E-state index contributed by atoms with van der Waals surface area (Å²) in [4.78, 5) is 0. The molecule has 0 unspecified atom stereocenters. The van der Waals surface area contributed by atoms with Crippen molar-refractivity contribution >= 4 is 113 Å². The maximum atomic E-state index is 6.90. The van der Waals surface area contributed by atoms with Crippen LogP contribution in [0.3, 0.4) is 0 Å². The molecule has 0 saturated carbocycles. The number of ether oxygens (including phenoxy) is 4. The maximum Gasteiger partial charge on any atom is 0.496 e. The summed E-state index contributed by atoms with van der Waals surface area (Å²) in [6, 6.07) is 91.2. The molecule has 0 N–H and O–H groups in total. The quantitative estimate of drug-likeness (QED) is 0.129. The molecule has 1 fully saturated rings. The molecule has 0 amide bonds. The van der Waals surface area contributed by atoms with E-state index in [1.807, 2.05) is 12.1 Å². The van der Waals surface area contributed by atoms with E-state index in [4.69, 9.17) is 39.9 Å². The van der Waals surface area contributed by atoms with Crippen LogP contribution in [0, 0.1) is 0 Å². The number of hydrogen-bond acceptors (Lipinski definition) is 6. The molecule has 10 heteroatoms. The van der Waals surface area contributed by atoms with Gasteiger partial charge in [0.25, 0.3) is 13.4 Å². The van der Waals surface area contributed by atoms with Gasteiger partial charge in [-0.25, -0.2) is 0 Å². The molecule has 0 bridgehead atoms. The van der Waals surface area contributed by atoms with Gasteiger partial charge in [-0.15, -0.1) is 0 Å². The van der Waals surface area contributed by atoms with Gasteiger partial charge in [0.2, 0.25) is 0 Å². The number of halogens is 1. The van der Waals surface area contributed by atoms with Gasteiger partial charge in [0.05, 0.1) is 11.2 Å². The Morgan fingerprint density at radius 2 is 0.509 bits per heavy atom. The smallest absolute Gasteiger partial charge is 0.458 e. The molecule has 14 aromatic rings. The van der Waals surface area contributed by atoms with Crippen molar-refractivity contribution in [2.75, 3.05) is 0 Å². The van der Waals surface area contributed by atoms with Gasteiger partial charge >= 0.3 is 7.12 Å². The van der Waals surface area contributed by atoms with Gasteiger partial charge in [0.15, 0.2) is 0 Å². The molecule has 0 aromatic heterocycles. The lowest BCUT2D eigenvalue weighted by atomic mass is 9.34. The second kappa shape index (κ2) is 26.0. The summed E-state index contributed by atoms with van der Waals surface area (Å²) < 4.78 is 39.4. The monoisotopic (exact) mass is 1430 g/mol. The van der Waals surface area contributed by atoms with Crippen LogP contribution in [-0.4, -0.2) is 31.7 Å². The minimum absolute atomic E-state index is 0.00472. The third-order valence-electron chi connectivity index (χ3n) is 23.2. The van der Waals surface area contributed by atoms with E-state index in [1.165, 1.54) is 115 Å². The lowest BCUT2D eigenvalue weighted by Gasteiger charge is -2.35. The molecule has 0 aliphatic carbocycles. The zero-order valence-electron chi connectivity index (χ0n) is 64.8. The predicted molar refractivity (Wildman–Crippen MR) is 457 cm³/mol. The SMILES string of the molecule is CC(C)(C)c1ccc2c(c1)B1c3cc(C(C)(C)C)ccc3Oc3cc(-c4c5ccccc5c(-c5ccccc5)c5ccccc45)cc(c31)O2.CC(C)(C)c1ccc2c(c1)B1c3cc(C(C)(C)C)ccc3Oc3cc(Cl)cc(c31)O2.CC1(C)OB(c2c3ccccc3c(-c3ccccc3)c3ccccc23)OC1(C)C. The zero-order valence-corrected chi connectivity index (χ0v) is 65.6. The lowest BCUT2D eigenvalue weighted by Crippen LogP contribution is -2.57. The lowest BCUT2D eigenvalue weighted by molar-refractivity contribution is 0.00578. The van der Waals surface area contributed by atoms with Crippen LogP contribution in [-0.2, 0) is 31.0 Å². The van der Waals surface area contributed by atoms with Crippen molar-refractivity contribution in [2.24, 2.45) is 0 Å². The highest BCUT2D eigenvalue weighted by molar-refractivity contribution is 6.99. The Balaban J connectivity index is 0.000000125. The normalized spacial score (nSPS) is 14.8. The first-order valence-electron chi connectivity index (χ1n) is 38.1. The van der Waals surface area contributed by atoms with Crippen LogP contribution in [0.25, 0.3) is 76.5 Å². The predicted octanol–water partition coefficient (Wildman–Crippen LogP) is 22.3. The second-order valence-electron chi connectivity index (χ2n) is 35.0. The third kappa shape index (κ3) is 12.3. The van der Waals surface area contributed by atoms with Gasteiger partial charge in [-0.3, -0.25) is 0 Å². The standard InChI is InChI=1S/C46H39BO2.C26H26BClO2.C26H25BO2/c1-45(2,3)30-20-22-38-36(26-30)47-37-27-31(46(4,5)6)21-23-39(37)49-41-25-29(24-40(48-38)44(41)47)43-34-18-12-10-16-32(34)42(28-14-8-7-9-15-28)33-17-11-13-19-35(33)43;1-25(2,3)15-7-9-20-18(11-15)27-19-12-16(26(4,5)6)8-10-21(19)30-23-14-17(28)13-22(29-20)24(23)27;1-25(2)26(3,4)29-27(28-25)24-21-16-10-8-14-19(21)23(18-12-6-5-7-13-18)20-15-9-11-17-22(20)24/h7-27H,1-6H3;7-14H,1-6H3;5-17H,1-4H3. The van der Waals surface area contributed by atoms with Crippen LogP contribution in [0.4, 0.5) is 0 Å². The fourth-order valence-corrected chi connectivity index (χ4v) is 16.8. The minimum Gasteiger partial charge on any atom is -0.458 e. The molecule has 6 nitrogen and oxygen atoms in total. The van der Waals surface area contributed by atoms with Crippen molar-refractivity contribution < 1.29 is 28.3 Å². The van der Waals surface area contributed by atoms with E-state index >= 15 is 0 Å². The summed E-state index contributed by atoms with van der Waals surface area (Å²) >= 11 is 6.40. The van der Waals surface area contributed by atoms with Crippen LogP contribution in [0.5, 0.6) is 46.0 Å². The van der Waals surface area contributed by atoms with Gasteiger partial charge in [0.1, 0.15) is 46.0 Å². The topological polar surface area (TPSA) is 55.4 Å². The molecule has 5 aliphatic rings. The van der Waals surface area contributed by atoms with Crippen LogP contribution < -0.4 is 57.2 Å². The molecule has 19 rings (SSSR count). The molecule has 5 heterocycles. The molecule has 0 atom stereocenters. The average molecular weight is 1430 g/mol. The Hall–Kier alpha value is -10.3. The van der Waals surface area contributed by atoms with Crippen LogP contribution in [0.2, 0.25) is 5.02 Å². The molecule has 534 valence electrons. The Labute approximate surface area is 642 Å². The number of benzene rings is 14. The fourth-order valence-electron chi connectivity index (χ4n) is 16.6. The molecule has 108 heavy (non-hydrogen) atoms. The fraction of sp³-hybridized carbons (Fsp3) is 0.224. The minimum atomic E-state index is -0.403. The highest BCUT2D eigenvalue weighted by Gasteiger charge is 2.53. The van der Waals surface area contributed by atoms with E-state index in [0.29, 0.717) is 5.02 Å². The van der Waals surface area contributed by atoms with Crippen molar-refractivity contribution in [1.82, 2.24) is 0 Å². The Morgan fingerprint density at radius 1 is 0.259 bits per heavy atom. The van der Waals surface area contributed by atoms with Gasteiger partial charge in [-0.1, -0.05) is 301 Å². The summed E-state index contributed by atoms with van der Waals surface area (Å²) in [5.74, 6) is 6.90. The van der Waals surface area contributed by atoms with Gasteiger partial charge in [0, 0.05) is 15.9 Å². The van der Waals surface area contributed by atoms with E-state index < -0.39 is 7.12 Å². The number of rotatable bonds is 4. The van der Waals surface area contributed by atoms with Crippen molar-refractivity contribution in [1.29, 1.82) is 0 Å². The molecule has 0 spiro atoms. The van der Waals surface area contributed by atoms with E-state index in [9.17, 15) is 0 Å². The molecule has 5 aliphatic heterocycles. The summed E-state index contributed by atoms with van der Waals surface area (Å²) in [5.41, 5.74) is 19.9. The molecular formula is C98H90B3ClO6. The largest absolute Gasteiger partial charge is 0.496 e. The van der Waals surface area contributed by atoms with Gasteiger partial charge in [-0.2, -0.15) is 0 Å². The van der Waals surface area contributed by atoms with Crippen LogP contribution >= 0.6 is 11.6 Å². The van der Waals surface area contributed by atoms with Gasteiger partial charge < -0.3 is 28.3 Å². The third-order valence-corrected chi connectivity index (χ3v) is 23.4. The molecule has 1 saturated heterocycles. The first-order valence-corrected chi connectivity index (χ1v) is 38.5. The average Bonchev–Trinajstić information content (AvgIpc) is 0.738. The summed E-state index contributed by atoms with van der Waals surface area (Å²) in [5, 5.41) is 10.3. The maximum absolute atomic E-state index is 6.90. The number of hydrogen-bond donors (Lipinski definition) is 0. The van der Waals surface area contributed by atoms with Crippen LogP contribution in [0.15, 0.2) is 255 Å². The Kier molecular flexibility index (Phi) is 17.0. The Morgan fingerprint density at radius 3 is 0.796 bits per heavy atom. The highest BCUT2D eigenvalue weighted by atomic mass is 35.5. The second-order valence-corrected chi connectivity index (χ2v) is 35.5.